The van der Waals surface area contributed by atoms with E-state index in [0.717, 1.165) is 12.1 Å². The molecule has 0 radical (unpaired) electrons. The van der Waals surface area contributed by atoms with E-state index in [9.17, 15) is 23.1 Å². The number of alkyl halides is 2. The van der Waals surface area contributed by atoms with E-state index in [4.69, 9.17) is 5.73 Å². The van der Waals surface area contributed by atoms with Crippen LogP contribution in [-0.4, -0.2) is 17.6 Å². The summed E-state index contributed by atoms with van der Waals surface area (Å²) in [5.41, 5.74) is 4.33. The lowest BCUT2D eigenvalue weighted by atomic mass is 10.1. The third-order valence-electron chi connectivity index (χ3n) is 1.75. The van der Waals surface area contributed by atoms with Crippen LogP contribution in [0.1, 0.15) is 11.7 Å². The average molecular weight is 235 g/mol. The van der Waals surface area contributed by atoms with E-state index in [0.29, 0.717) is 6.07 Å². The van der Waals surface area contributed by atoms with Crippen molar-refractivity contribution < 1.29 is 27.8 Å². The SMILES string of the molecule is NC(=O)C(O)c1cc(F)ccc1OC(F)F. The summed E-state index contributed by atoms with van der Waals surface area (Å²) in [6, 6.07) is 2.44. The molecule has 3 N–H and O–H groups in total. The molecule has 1 aromatic rings. The second-order valence-corrected chi connectivity index (χ2v) is 2.87. The largest absolute Gasteiger partial charge is 0.434 e. The number of aliphatic hydroxyl groups is 1. The van der Waals surface area contributed by atoms with Crippen molar-refractivity contribution in [1.29, 1.82) is 0 Å². The van der Waals surface area contributed by atoms with Gasteiger partial charge in [-0.3, -0.25) is 4.79 Å². The molecule has 1 amide bonds. The second kappa shape index (κ2) is 4.84. The first-order valence-corrected chi connectivity index (χ1v) is 4.13. The van der Waals surface area contributed by atoms with Crippen LogP contribution in [0.25, 0.3) is 0 Å². The van der Waals surface area contributed by atoms with Crippen molar-refractivity contribution in [1.82, 2.24) is 0 Å². The van der Waals surface area contributed by atoms with Crippen molar-refractivity contribution in [2.24, 2.45) is 5.73 Å². The number of hydrogen-bond donors (Lipinski definition) is 2. The predicted molar refractivity (Wildman–Crippen MR) is 47.2 cm³/mol. The van der Waals surface area contributed by atoms with E-state index in [2.05, 4.69) is 4.74 Å². The van der Waals surface area contributed by atoms with Crippen LogP contribution < -0.4 is 10.5 Å². The summed E-state index contributed by atoms with van der Waals surface area (Å²) in [4.78, 5) is 10.7. The zero-order valence-corrected chi connectivity index (χ0v) is 7.86. The Morgan fingerprint density at radius 1 is 1.44 bits per heavy atom. The Morgan fingerprint density at radius 3 is 2.56 bits per heavy atom. The van der Waals surface area contributed by atoms with Crippen LogP contribution in [0.2, 0.25) is 0 Å². The maximum atomic E-state index is 12.8. The molecular formula is C9H8F3NO3. The highest BCUT2D eigenvalue weighted by Gasteiger charge is 2.21. The quantitative estimate of drug-likeness (QED) is 0.815. The summed E-state index contributed by atoms with van der Waals surface area (Å²) in [6.45, 7) is -3.15. The normalized spacial score (nSPS) is 12.6. The van der Waals surface area contributed by atoms with Gasteiger partial charge < -0.3 is 15.6 Å². The van der Waals surface area contributed by atoms with Gasteiger partial charge in [0.2, 0.25) is 0 Å². The molecule has 1 unspecified atom stereocenters. The van der Waals surface area contributed by atoms with Crippen LogP contribution >= 0.6 is 0 Å². The Bertz CT molecular complexity index is 398. The van der Waals surface area contributed by atoms with Crippen molar-refractivity contribution in [3.63, 3.8) is 0 Å². The summed E-state index contributed by atoms with van der Waals surface area (Å²) in [7, 11) is 0. The summed E-state index contributed by atoms with van der Waals surface area (Å²) < 4.78 is 40.7. The molecule has 0 aliphatic heterocycles. The molecule has 0 bridgehead atoms. The van der Waals surface area contributed by atoms with E-state index >= 15 is 0 Å². The Labute approximate surface area is 88.4 Å². The molecule has 0 spiro atoms. The first-order chi connectivity index (χ1) is 7.41. The first-order valence-electron chi connectivity index (χ1n) is 4.13. The molecule has 1 aromatic carbocycles. The highest BCUT2D eigenvalue weighted by molar-refractivity contribution is 5.80. The zero-order valence-electron chi connectivity index (χ0n) is 7.86. The number of halogens is 3. The number of carbonyl (C=O) groups is 1. The van der Waals surface area contributed by atoms with E-state index < -0.39 is 35.8 Å². The van der Waals surface area contributed by atoms with Crippen LogP contribution in [0.4, 0.5) is 13.2 Å². The first kappa shape index (κ1) is 12.3. The highest BCUT2D eigenvalue weighted by Crippen LogP contribution is 2.27. The zero-order chi connectivity index (χ0) is 12.3. The Morgan fingerprint density at radius 2 is 2.06 bits per heavy atom. The van der Waals surface area contributed by atoms with Crippen LogP contribution in [0.15, 0.2) is 18.2 Å². The fourth-order valence-electron chi connectivity index (χ4n) is 1.09. The van der Waals surface area contributed by atoms with Crippen molar-refractivity contribution in [2.75, 3.05) is 0 Å². The van der Waals surface area contributed by atoms with Crippen LogP contribution in [0.5, 0.6) is 5.75 Å². The van der Waals surface area contributed by atoms with E-state index in [-0.39, 0.29) is 0 Å². The lowest BCUT2D eigenvalue weighted by molar-refractivity contribution is -0.126. The van der Waals surface area contributed by atoms with Gasteiger partial charge >= 0.3 is 6.61 Å². The molecule has 0 aromatic heterocycles. The number of nitrogens with two attached hydrogens (primary N) is 1. The van der Waals surface area contributed by atoms with Crippen molar-refractivity contribution in [2.45, 2.75) is 12.7 Å². The fraction of sp³-hybridized carbons (Fsp3) is 0.222. The van der Waals surface area contributed by atoms with Crippen LogP contribution in [0.3, 0.4) is 0 Å². The number of aliphatic hydroxyl groups excluding tert-OH is 1. The molecule has 1 atom stereocenters. The minimum Gasteiger partial charge on any atom is -0.434 e. The maximum Gasteiger partial charge on any atom is 0.387 e. The summed E-state index contributed by atoms with van der Waals surface area (Å²) in [6.07, 6.45) is -1.90. The smallest absolute Gasteiger partial charge is 0.387 e. The summed E-state index contributed by atoms with van der Waals surface area (Å²) in [5.74, 6) is -2.50. The Balaban J connectivity index is 3.12. The third kappa shape index (κ3) is 2.86. The van der Waals surface area contributed by atoms with Gasteiger partial charge in [-0.1, -0.05) is 0 Å². The molecule has 7 heteroatoms. The molecule has 0 aliphatic carbocycles. The van der Waals surface area contributed by atoms with E-state index in [1.165, 1.54) is 0 Å². The van der Waals surface area contributed by atoms with Gasteiger partial charge in [-0.15, -0.1) is 0 Å². The Hall–Kier alpha value is -1.76. The summed E-state index contributed by atoms with van der Waals surface area (Å²) in [5, 5.41) is 9.25. The number of rotatable bonds is 4. The summed E-state index contributed by atoms with van der Waals surface area (Å²) >= 11 is 0. The Kier molecular flexibility index (Phi) is 3.73. The van der Waals surface area contributed by atoms with Crippen LogP contribution in [-0.2, 0) is 4.79 Å². The molecule has 0 saturated heterocycles. The van der Waals surface area contributed by atoms with E-state index in [1.807, 2.05) is 0 Å². The van der Waals surface area contributed by atoms with Crippen molar-refractivity contribution >= 4 is 5.91 Å². The topological polar surface area (TPSA) is 72.6 Å². The number of benzene rings is 1. The molecule has 1 rings (SSSR count). The number of primary amides is 1. The van der Waals surface area contributed by atoms with E-state index in [1.54, 1.807) is 0 Å². The van der Waals surface area contributed by atoms with Crippen molar-refractivity contribution in [3.05, 3.63) is 29.6 Å². The molecule has 0 aliphatic rings. The van der Waals surface area contributed by atoms with Gasteiger partial charge in [0.15, 0.2) is 6.10 Å². The minimum absolute atomic E-state index is 0.437. The predicted octanol–water partition coefficient (Wildman–Crippen LogP) is 0.946. The lowest BCUT2D eigenvalue weighted by Gasteiger charge is -2.13. The number of hydrogen-bond acceptors (Lipinski definition) is 3. The number of carbonyl (C=O) groups excluding carboxylic acids is 1. The van der Waals surface area contributed by atoms with Gasteiger partial charge in [-0.2, -0.15) is 8.78 Å². The van der Waals surface area contributed by atoms with Crippen LogP contribution in [0, 0.1) is 5.82 Å². The maximum absolute atomic E-state index is 12.8. The van der Waals surface area contributed by atoms with Gasteiger partial charge in [0.25, 0.3) is 5.91 Å². The molecule has 0 fully saturated rings. The molecule has 88 valence electrons. The fourth-order valence-corrected chi connectivity index (χ4v) is 1.09. The number of ether oxygens (including phenoxy) is 1. The third-order valence-corrected chi connectivity index (χ3v) is 1.75. The monoisotopic (exact) mass is 235 g/mol. The van der Waals surface area contributed by atoms with Gasteiger partial charge in [-0.25, -0.2) is 4.39 Å². The molecule has 0 saturated carbocycles. The van der Waals surface area contributed by atoms with Gasteiger partial charge in [-0.05, 0) is 18.2 Å². The second-order valence-electron chi connectivity index (χ2n) is 2.87. The van der Waals surface area contributed by atoms with Crippen molar-refractivity contribution in [3.8, 4) is 5.75 Å². The number of amides is 1. The highest BCUT2D eigenvalue weighted by atomic mass is 19.3. The standard InChI is InChI=1S/C9H8F3NO3/c10-4-1-2-6(16-9(11)12)5(3-4)7(14)8(13)15/h1-3,7,9,14H,(H2,13,15). The molecule has 0 heterocycles. The molecule has 4 nitrogen and oxygen atoms in total. The minimum atomic E-state index is -3.15. The molecule has 16 heavy (non-hydrogen) atoms. The lowest BCUT2D eigenvalue weighted by Crippen LogP contribution is -2.22. The molecular weight excluding hydrogens is 227 g/mol. The van der Waals surface area contributed by atoms with Gasteiger partial charge in [0, 0.05) is 5.56 Å². The van der Waals surface area contributed by atoms with Gasteiger partial charge in [0.1, 0.15) is 11.6 Å². The average Bonchev–Trinajstić information content (AvgIpc) is 2.18. The van der Waals surface area contributed by atoms with Gasteiger partial charge in [0.05, 0.1) is 0 Å².